The van der Waals surface area contributed by atoms with E-state index in [0.717, 1.165) is 11.1 Å². The molecule has 0 amide bonds. The average molecular weight is 366 g/mol. The van der Waals surface area contributed by atoms with Crippen LogP contribution in [0.15, 0.2) is 48.5 Å². The Hall–Kier alpha value is -1.40. The highest BCUT2D eigenvalue weighted by molar-refractivity contribution is 7.88. The van der Waals surface area contributed by atoms with Gasteiger partial charge < -0.3 is 4.74 Å². The van der Waals surface area contributed by atoms with E-state index in [4.69, 9.17) is 16.3 Å². The van der Waals surface area contributed by atoms with Crippen LogP contribution in [0.1, 0.15) is 22.8 Å². The molecule has 1 fully saturated rings. The predicted octanol–water partition coefficient (Wildman–Crippen LogP) is 3.55. The van der Waals surface area contributed by atoms with Crippen molar-refractivity contribution >= 4 is 21.6 Å². The lowest BCUT2D eigenvalue weighted by atomic mass is 10.0. The van der Waals surface area contributed by atoms with Gasteiger partial charge in [-0.1, -0.05) is 54.1 Å². The van der Waals surface area contributed by atoms with Gasteiger partial charge in [-0.25, -0.2) is 8.42 Å². The summed E-state index contributed by atoms with van der Waals surface area (Å²) in [6.07, 6.45) is -0.235. The van der Waals surface area contributed by atoms with Crippen LogP contribution in [0.2, 0.25) is 5.02 Å². The molecule has 0 radical (unpaired) electrons. The van der Waals surface area contributed by atoms with E-state index in [1.807, 2.05) is 31.2 Å². The number of nitrogens with zero attached hydrogens (tertiary/aromatic N) is 1. The normalized spacial score (nSPS) is 19.3. The molecule has 0 bridgehead atoms. The molecule has 0 aromatic heterocycles. The molecule has 0 aliphatic carbocycles. The maximum atomic E-state index is 12.8. The van der Waals surface area contributed by atoms with Gasteiger partial charge in [-0.2, -0.15) is 4.31 Å². The quantitative estimate of drug-likeness (QED) is 0.832. The molecule has 1 aliphatic rings. The highest BCUT2D eigenvalue weighted by atomic mass is 35.5. The molecule has 4 nitrogen and oxygen atoms in total. The molecule has 1 saturated heterocycles. The van der Waals surface area contributed by atoms with Crippen LogP contribution in [0.25, 0.3) is 0 Å². The van der Waals surface area contributed by atoms with Crippen LogP contribution in [-0.2, 0) is 20.5 Å². The van der Waals surface area contributed by atoms with E-state index in [1.165, 1.54) is 4.31 Å². The zero-order valence-corrected chi connectivity index (χ0v) is 15.1. The van der Waals surface area contributed by atoms with Gasteiger partial charge in [0.2, 0.25) is 10.0 Å². The van der Waals surface area contributed by atoms with E-state index in [1.54, 1.807) is 24.3 Å². The second-order valence-corrected chi connectivity index (χ2v) is 8.30. The van der Waals surface area contributed by atoms with Crippen molar-refractivity contribution in [3.8, 4) is 0 Å². The number of morpholine rings is 1. The van der Waals surface area contributed by atoms with Crippen molar-refractivity contribution < 1.29 is 13.2 Å². The number of benzene rings is 2. The van der Waals surface area contributed by atoms with E-state index in [2.05, 4.69) is 0 Å². The van der Waals surface area contributed by atoms with Gasteiger partial charge >= 0.3 is 0 Å². The molecule has 1 unspecified atom stereocenters. The Morgan fingerprint density at radius 2 is 1.88 bits per heavy atom. The second-order valence-electron chi connectivity index (χ2n) is 5.92. The molecule has 0 saturated carbocycles. The van der Waals surface area contributed by atoms with E-state index in [0.29, 0.717) is 30.3 Å². The Morgan fingerprint density at radius 3 is 2.62 bits per heavy atom. The average Bonchev–Trinajstić information content (AvgIpc) is 2.57. The molecule has 1 heterocycles. The van der Waals surface area contributed by atoms with Gasteiger partial charge in [-0.05, 0) is 29.7 Å². The van der Waals surface area contributed by atoms with Crippen molar-refractivity contribution in [2.75, 3.05) is 19.7 Å². The van der Waals surface area contributed by atoms with Crippen molar-refractivity contribution in [2.24, 2.45) is 0 Å². The van der Waals surface area contributed by atoms with E-state index >= 15 is 0 Å². The molecule has 24 heavy (non-hydrogen) atoms. The van der Waals surface area contributed by atoms with Gasteiger partial charge in [0.25, 0.3) is 0 Å². The first-order valence-electron chi connectivity index (χ1n) is 7.86. The minimum absolute atomic E-state index is 0.0901. The van der Waals surface area contributed by atoms with Crippen LogP contribution in [0.3, 0.4) is 0 Å². The molecule has 2 aromatic rings. The molecule has 128 valence electrons. The maximum absolute atomic E-state index is 12.8. The van der Waals surface area contributed by atoms with Crippen molar-refractivity contribution in [1.29, 1.82) is 0 Å². The van der Waals surface area contributed by atoms with Gasteiger partial charge in [0, 0.05) is 18.1 Å². The Balaban J connectivity index is 1.79. The molecule has 3 rings (SSSR count). The first-order valence-corrected chi connectivity index (χ1v) is 9.84. The highest BCUT2D eigenvalue weighted by Crippen LogP contribution is 2.28. The molecule has 6 heteroatoms. The summed E-state index contributed by atoms with van der Waals surface area (Å²) < 4.78 is 32.9. The van der Waals surface area contributed by atoms with Crippen molar-refractivity contribution in [1.82, 2.24) is 4.31 Å². The summed E-state index contributed by atoms with van der Waals surface area (Å²) >= 11 is 6.11. The fourth-order valence-electron chi connectivity index (χ4n) is 2.92. The van der Waals surface area contributed by atoms with E-state index < -0.39 is 10.0 Å². The van der Waals surface area contributed by atoms with Crippen molar-refractivity contribution in [3.63, 3.8) is 0 Å². The van der Waals surface area contributed by atoms with Crippen LogP contribution in [0.4, 0.5) is 0 Å². The monoisotopic (exact) mass is 365 g/mol. The summed E-state index contributed by atoms with van der Waals surface area (Å²) in [6, 6.07) is 15.0. The van der Waals surface area contributed by atoms with Crippen LogP contribution in [0.5, 0.6) is 0 Å². The number of aryl methyl sites for hydroxylation is 1. The van der Waals surface area contributed by atoms with Gasteiger partial charge in [-0.3, -0.25) is 0 Å². The largest absolute Gasteiger partial charge is 0.371 e. The van der Waals surface area contributed by atoms with E-state index in [9.17, 15) is 8.42 Å². The molecule has 1 aliphatic heterocycles. The van der Waals surface area contributed by atoms with Gasteiger partial charge in [0.15, 0.2) is 0 Å². The lowest BCUT2D eigenvalue weighted by Crippen LogP contribution is -2.42. The zero-order valence-electron chi connectivity index (χ0n) is 13.5. The second kappa shape index (κ2) is 7.23. The lowest BCUT2D eigenvalue weighted by molar-refractivity contribution is -0.00293. The molecule has 0 spiro atoms. The van der Waals surface area contributed by atoms with Crippen LogP contribution >= 0.6 is 11.6 Å². The standard InChI is InChI=1S/C18H20ClNO3S/c1-14-6-2-4-8-16(14)18-12-20(10-11-23-18)24(21,22)13-15-7-3-5-9-17(15)19/h2-9,18H,10-13H2,1H3. The Morgan fingerprint density at radius 1 is 1.17 bits per heavy atom. The summed E-state index contributed by atoms with van der Waals surface area (Å²) in [5.74, 6) is -0.0901. The molecule has 1 atom stereocenters. The lowest BCUT2D eigenvalue weighted by Gasteiger charge is -2.33. The topological polar surface area (TPSA) is 46.6 Å². The van der Waals surface area contributed by atoms with Gasteiger partial charge in [-0.15, -0.1) is 0 Å². The Bertz CT molecular complexity index is 823. The third kappa shape index (κ3) is 3.81. The van der Waals surface area contributed by atoms with Crippen LogP contribution in [0, 0.1) is 6.92 Å². The molecular formula is C18H20ClNO3S. The SMILES string of the molecule is Cc1ccccc1C1CN(S(=O)(=O)Cc2ccccc2Cl)CCO1. The number of sulfonamides is 1. The fourth-order valence-corrected chi connectivity index (χ4v) is 4.74. The van der Waals surface area contributed by atoms with Crippen LogP contribution in [-0.4, -0.2) is 32.4 Å². The van der Waals surface area contributed by atoms with Gasteiger partial charge in [0.1, 0.15) is 0 Å². The first-order chi connectivity index (χ1) is 11.5. The van der Waals surface area contributed by atoms with Crippen molar-refractivity contribution in [3.05, 3.63) is 70.2 Å². The summed E-state index contributed by atoms with van der Waals surface area (Å²) in [6.45, 7) is 3.10. The smallest absolute Gasteiger partial charge is 0.218 e. The minimum Gasteiger partial charge on any atom is -0.371 e. The van der Waals surface area contributed by atoms with Crippen molar-refractivity contribution in [2.45, 2.75) is 18.8 Å². The number of hydrogen-bond donors (Lipinski definition) is 0. The first kappa shape index (κ1) is 17.4. The molecular weight excluding hydrogens is 346 g/mol. The Kier molecular flexibility index (Phi) is 5.25. The number of rotatable bonds is 4. The summed E-state index contributed by atoms with van der Waals surface area (Å²) in [5, 5.41) is 0.477. The summed E-state index contributed by atoms with van der Waals surface area (Å²) in [7, 11) is -3.44. The zero-order chi connectivity index (χ0) is 17.2. The predicted molar refractivity (Wildman–Crippen MR) is 95.5 cm³/mol. The summed E-state index contributed by atoms with van der Waals surface area (Å²) in [4.78, 5) is 0. The highest BCUT2D eigenvalue weighted by Gasteiger charge is 2.31. The number of ether oxygens (including phenoxy) is 1. The van der Waals surface area contributed by atoms with E-state index in [-0.39, 0.29) is 11.9 Å². The number of hydrogen-bond acceptors (Lipinski definition) is 3. The maximum Gasteiger partial charge on any atom is 0.218 e. The minimum atomic E-state index is -3.44. The molecule has 2 aromatic carbocycles. The summed E-state index contributed by atoms with van der Waals surface area (Å²) in [5.41, 5.74) is 2.76. The number of halogens is 1. The Labute approximate surface area is 148 Å². The third-order valence-electron chi connectivity index (χ3n) is 4.25. The molecule has 0 N–H and O–H groups in total. The third-order valence-corrected chi connectivity index (χ3v) is 6.42. The van der Waals surface area contributed by atoms with Crippen LogP contribution < -0.4 is 0 Å². The fraction of sp³-hybridized carbons (Fsp3) is 0.333. The van der Waals surface area contributed by atoms with Gasteiger partial charge in [0.05, 0.1) is 18.5 Å².